The summed E-state index contributed by atoms with van der Waals surface area (Å²) in [4.78, 5) is 0. The van der Waals surface area contributed by atoms with Crippen LogP contribution in [0.3, 0.4) is 0 Å². The van der Waals surface area contributed by atoms with Crippen LogP contribution in [0, 0.1) is 102 Å². The summed E-state index contributed by atoms with van der Waals surface area (Å²) in [6, 6.07) is 29.5. The number of hydrogen-bond donors (Lipinski definition) is 2. The zero-order chi connectivity index (χ0) is 20.2. The van der Waals surface area contributed by atoms with Gasteiger partial charge in [-0.2, -0.15) is 0 Å². The van der Waals surface area contributed by atoms with Crippen molar-refractivity contribution in [1.29, 1.82) is 0 Å². The van der Waals surface area contributed by atoms with Gasteiger partial charge in [0.15, 0.2) is 8.07 Å². The minimum Gasteiger partial charge on any atom is -0.508 e. The van der Waals surface area contributed by atoms with E-state index in [1.165, 1.54) is 20.7 Å². The molecule has 31 heavy (non-hydrogen) atoms. The van der Waals surface area contributed by atoms with E-state index in [1.54, 1.807) is 0 Å². The maximum Gasteiger partial charge on any atom is 0.180 e. The van der Waals surface area contributed by atoms with Gasteiger partial charge in [0.05, 0.1) is 0 Å². The topological polar surface area (TPSA) is 40.5 Å². The van der Waals surface area contributed by atoms with E-state index in [-0.39, 0.29) is 88.1 Å². The normalized spacial score (nSPS) is 12.8. The molecule has 148 valence electrons. The molecule has 0 amide bonds. The number of benzene rings is 4. The van der Waals surface area contributed by atoms with Gasteiger partial charge in [-0.15, -0.1) is 0 Å². The Balaban J connectivity index is 0.00000136. The largest absolute Gasteiger partial charge is 0.508 e. The molecular weight excluding hydrogens is 826 g/mol. The molecule has 2 radical (unpaired) electrons. The SMILES string of the molecule is Cc1cc2c(cc1O)-c1cc(O)c(C)cc1[Si]2(c1ccccc1)c1ccccc1.[Ac].[Ac]. The van der Waals surface area contributed by atoms with Crippen LogP contribution in [-0.2, 0) is 0 Å². The van der Waals surface area contributed by atoms with Gasteiger partial charge in [-0.3, -0.25) is 0 Å². The van der Waals surface area contributed by atoms with Crippen molar-refractivity contribution < 1.29 is 98.3 Å². The molecule has 0 atom stereocenters. The van der Waals surface area contributed by atoms with E-state index in [9.17, 15) is 10.2 Å². The second kappa shape index (κ2) is 9.83. The smallest absolute Gasteiger partial charge is 0.180 e. The summed E-state index contributed by atoms with van der Waals surface area (Å²) < 4.78 is 0. The second-order valence-corrected chi connectivity index (χ2v) is 11.6. The first-order chi connectivity index (χ1) is 14.0. The van der Waals surface area contributed by atoms with Crippen LogP contribution >= 0.6 is 0 Å². The van der Waals surface area contributed by atoms with Gasteiger partial charge in [-0.25, -0.2) is 0 Å². The predicted molar refractivity (Wildman–Crippen MR) is 122 cm³/mol. The van der Waals surface area contributed by atoms with Crippen LogP contribution in [0.2, 0.25) is 0 Å². The molecule has 0 bridgehead atoms. The fourth-order valence-electron chi connectivity index (χ4n) is 4.77. The third kappa shape index (κ3) is 3.94. The molecule has 0 aliphatic carbocycles. The van der Waals surface area contributed by atoms with Gasteiger partial charge in [0, 0.05) is 88.1 Å². The standard InChI is InChI=1S/C26H22O2Si.2Ac/c1-17-13-25-21(15-23(17)27)22-16-24(28)18(2)14-26(22)29(25,19-9-5-3-6-10-19)20-11-7-4-8-12-20;;/h3-16,27-28H,1-2H3;;. The first-order valence-electron chi connectivity index (χ1n) is 9.83. The molecule has 0 saturated heterocycles. The molecule has 0 saturated carbocycles. The van der Waals surface area contributed by atoms with E-state index >= 15 is 0 Å². The van der Waals surface area contributed by atoms with Crippen molar-refractivity contribution in [3.8, 4) is 22.6 Å². The number of phenolic OH excluding ortho intramolecular Hbond substituents is 2. The average molecular weight is 849 g/mol. The summed E-state index contributed by atoms with van der Waals surface area (Å²) >= 11 is 0. The summed E-state index contributed by atoms with van der Waals surface area (Å²) in [5.74, 6) is 0.585. The van der Waals surface area contributed by atoms with Crippen molar-refractivity contribution >= 4 is 28.8 Å². The second-order valence-electron chi connectivity index (χ2n) is 7.85. The molecule has 0 aromatic heterocycles. The van der Waals surface area contributed by atoms with Crippen molar-refractivity contribution in [3.05, 3.63) is 96.1 Å². The van der Waals surface area contributed by atoms with Gasteiger partial charge < -0.3 is 10.2 Å². The van der Waals surface area contributed by atoms with Crippen LogP contribution in [0.5, 0.6) is 11.5 Å². The first-order valence-corrected chi connectivity index (χ1v) is 11.8. The summed E-state index contributed by atoms with van der Waals surface area (Å²) in [5, 5.41) is 26.1. The van der Waals surface area contributed by atoms with Crippen LogP contribution in [-0.4, -0.2) is 18.3 Å². The quantitative estimate of drug-likeness (QED) is 0.269. The third-order valence-electron chi connectivity index (χ3n) is 6.18. The Kier molecular flexibility index (Phi) is 7.99. The Morgan fingerprint density at radius 2 is 0.903 bits per heavy atom. The minimum atomic E-state index is -2.56. The number of fused-ring (bicyclic) bond motifs is 3. The molecule has 2 N–H and O–H groups in total. The number of phenols is 2. The number of aromatic hydroxyl groups is 2. The Bertz CT molecular complexity index is 1140. The Morgan fingerprint density at radius 1 is 0.548 bits per heavy atom. The van der Waals surface area contributed by atoms with Crippen molar-refractivity contribution in [2.75, 3.05) is 0 Å². The monoisotopic (exact) mass is 848 g/mol. The van der Waals surface area contributed by atoms with E-state index in [2.05, 4.69) is 72.8 Å². The van der Waals surface area contributed by atoms with Crippen LogP contribution < -0.4 is 20.7 Å². The zero-order valence-electron chi connectivity index (χ0n) is 17.6. The summed E-state index contributed by atoms with van der Waals surface area (Å²) in [5.41, 5.74) is 3.80. The summed E-state index contributed by atoms with van der Waals surface area (Å²) in [7, 11) is -2.56. The van der Waals surface area contributed by atoms with Gasteiger partial charge >= 0.3 is 0 Å². The minimum absolute atomic E-state index is 0. The van der Waals surface area contributed by atoms with E-state index < -0.39 is 8.07 Å². The molecule has 1 aliphatic rings. The van der Waals surface area contributed by atoms with Crippen LogP contribution in [0.1, 0.15) is 11.1 Å². The molecule has 1 aliphatic heterocycles. The summed E-state index contributed by atoms with van der Waals surface area (Å²) in [6.07, 6.45) is 0. The number of hydrogen-bond acceptors (Lipinski definition) is 2. The molecule has 2 nitrogen and oxygen atoms in total. The van der Waals surface area contributed by atoms with Gasteiger partial charge in [-0.1, -0.05) is 72.8 Å². The molecule has 4 aromatic rings. The zero-order valence-corrected chi connectivity index (χ0v) is 28.1. The van der Waals surface area contributed by atoms with Gasteiger partial charge in [-0.05, 0) is 69.0 Å². The first kappa shape index (κ1) is 25.2. The van der Waals surface area contributed by atoms with Crippen molar-refractivity contribution in [2.45, 2.75) is 13.8 Å². The Hall–Kier alpha value is -0.420. The third-order valence-corrected chi connectivity index (χ3v) is 11.0. The van der Waals surface area contributed by atoms with Gasteiger partial charge in [0.1, 0.15) is 11.5 Å². The molecular formula is C26H22Ac2O2Si. The Morgan fingerprint density at radius 3 is 1.26 bits per heavy atom. The van der Waals surface area contributed by atoms with Crippen LogP contribution in [0.4, 0.5) is 0 Å². The fraction of sp³-hybridized carbons (Fsp3) is 0.0769. The molecule has 0 fully saturated rings. The molecule has 0 unspecified atom stereocenters. The maximum absolute atomic E-state index is 10.5. The number of aryl methyl sites for hydroxylation is 2. The van der Waals surface area contributed by atoms with Gasteiger partial charge in [0.25, 0.3) is 0 Å². The van der Waals surface area contributed by atoms with E-state index in [0.29, 0.717) is 11.5 Å². The van der Waals surface area contributed by atoms with Crippen molar-refractivity contribution in [2.24, 2.45) is 0 Å². The molecule has 5 heteroatoms. The summed E-state index contributed by atoms with van der Waals surface area (Å²) in [6.45, 7) is 3.91. The molecule has 5 rings (SSSR count). The van der Waals surface area contributed by atoms with Crippen molar-refractivity contribution in [3.63, 3.8) is 0 Å². The Labute approximate surface area is 255 Å². The van der Waals surface area contributed by atoms with E-state index in [1.807, 2.05) is 26.0 Å². The predicted octanol–water partition coefficient (Wildman–Crippen LogP) is 3.07. The number of rotatable bonds is 2. The molecule has 1 heterocycles. The molecule has 4 aromatic carbocycles. The van der Waals surface area contributed by atoms with Crippen LogP contribution in [0.25, 0.3) is 11.1 Å². The van der Waals surface area contributed by atoms with Gasteiger partial charge in [0.2, 0.25) is 0 Å². The van der Waals surface area contributed by atoms with Crippen LogP contribution in [0.15, 0.2) is 84.9 Å². The van der Waals surface area contributed by atoms with E-state index in [4.69, 9.17) is 0 Å². The molecule has 0 spiro atoms. The average Bonchev–Trinajstić information content (AvgIpc) is 2.99. The fourth-order valence-corrected chi connectivity index (χ4v) is 10.1. The van der Waals surface area contributed by atoms with E-state index in [0.717, 1.165) is 22.3 Å². The maximum atomic E-state index is 10.5. The van der Waals surface area contributed by atoms with Crippen molar-refractivity contribution in [1.82, 2.24) is 0 Å².